The molecule has 0 radical (unpaired) electrons. The van der Waals surface area contributed by atoms with Crippen LogP contribution in [0.25, 0.3) is 0 Å². The lowest BCUT2D eigenvalue weighted by atomic mass is 10.0. The first kappa shape index (κ1) is 25.8. The van der Waals surface area contributed by atoms with E-state index in [1.165, 1.54) is 6.07 Å². The van der Waals surface area contributed by atoms with Crippen LogP contribution in [-0.2, 0) is 24.3 Å². The maximum absolute atomic E-state index is 14.1. The number of pyridine rings is 1. The van der Waals surface area contributed by atoms with Crippen molar-refractivity contribution in [1.29, 1.82) is 0 Å². The van der Waals surface area contributed by atoms with Gasteiger partial charge in [-0.05, 0) is 46.1 Å². The number of rotatable bonds is 7. The molecule has 1 aromatic heterocycles. The number of carbonyl (C=O) groups excluding carboxylic acids is 1. The highest BCUT2D eigenvalue weighted by Crippen LogP contribution is 2.31. The number of aromatic nitrogens is 1. The molecule has 7 nitrogen and oxygen atoms in total. The summed E-state index contributed by atoms with van der Waals surface area (Å²) in [6.07, 6.45) is 0.447. The van der Waals surface area contributed by atoms with Gasteiger partial charge in [-0.2, -0.15) is 0 Å². The van der Waals surface area contributed by atoms with Crippen molar-refractivity contribution in [3.8, 4) is 5.75 Å². The minimum Gasteiger partial charge on any atom is -0.487 e. The van der Waals surface area contributed by atoms with Crippen LogP contribution in [0.2, 0.25) is 0 Å². The van der Waals surface area contributed by atoms with Gasteiger partial charge in [-0.3, -0.25) is 4.79 Å². The van der Waals surface area contributed by atoms with Crippen molar-refractivity contribution in [3.63, 3.8) is 0 Å². The third-order valence-corrected chi connectivity index (χ3v) is 6.68. The van der Waals surface area contributed by atoms with E-state index >= 15 is 0 Å². The Labute approximate surface area is 215 Å². The molecule has 0 spiro atoms. The molecule has 1 fully saturated rings. The van der Waals surface area contributed by atoms with Gasteiger partial charge in [0.05, 0.1) is 13.2 Å². The summed E-state index contributed by atoms with van der Waals surface area (Å²) >= 11 is 3.29. The van der Waals surface area contributed by atoms with Crippen LogP contribution >= 0.6 is 15.9 Å². The van der Waals surface area contributed by atoms with Gasteiger partial charge in [0.15, 0.2) is 0 Å². The standard InChI is InChI=1S/C26H26BrF2N3O4/c1-16-21(24(23(27)25(33)31-16)36-15-19-6-7-20(28)13-22(19)29)12-17-2-4-18(5-3-17)14-30-26(34)32-8-10-35-11-9-32/h2-7,13H,8-12,14-15H2,1H3,(H,30,34)(H,31,33). The number of amides is 2. The van der Waals surface area contributed by atoms with Crippen LogP contribution < -0.4 is 15.6 Å². The highest BCUT2D eigenvalue weighted by Gasteiger charge is 2.18. The number of urea groups is 1. The fourth-order valence-corrected chi connectivity index (χ4v) is 4.35. The molecule has 1 aliphatic rings. The summed E-state index contributed by atoms with van der Waals surface area (Å²) in [4.78, 5) is 29.1. The highest BCUT2D eigenvalue weighted by molar-refractivity contribution is 9.10. The van der Waals surface area contributed by atoms with Crippen LogP contribution in [-0.4, -0.2) is 42.2 Å². The second-order valence-corrected chi connectivity index (χ2v) is 9.27. The maximum Gasteiger partial charge on any atom is 0.317 e. The molecule has 2 aromatic carbocycles. The molecule has 2 amide bonds. The van der Waals surface area contributed by atoms with Crippen molar-refractivity contribution >= 4 is 22.0 Å². The van der Waals surface area contributed by atoms with Crippen LogP contribution in [0.3, 0.4) is 0 Å². The fourth-order valence-electron chi connectivity index (χ4n) is 3.89. The van der Waals surface area contributed by atoms with Gasteiger partial charge in [-0.25, -0.2) is 13.6 Å². The molecule has 190 valence electrons. The van der Waals surface area contributed by atoms with E-state index in [2.05, 4.69) is 26.2 Å². The number of ether oxygens (including phenoxy) is 2. The molecule has 0 saturated carbocycles. The summed E-state index contributed by atoms with van der Waals surface area (Å²) in [6.45, 7) is 4.26. The summed E-state index contributed by atoms with van der Waals surface area (Å²) in [5.74, 6) is -1.08. The van der Waals surface area contributed by atoms with Crippen molar-refractivity contribution < 1.29 is 23.0 Å². The lowest BCUT2D eigenvalue weighted by molar-refractivity contribution is 0.0531. The first-order valence-corrected chi connectivity index (χ1v) is 12.3. The number of benzene rings is 2. The molecular weight excluding hydrogens is 536 g/mol. The van der Waals surface area contributed by atoms with Crippen LogP contribution in [0.1, 0.15) is 27.9 Å². The van der Waals surface area contributed by atoms with Gasteiger partial charge < -0.3 is 24.7 Å². The number of morpholine rings is 1. The van der Waals surface area contributed by atoms with Crippen LogP contribution in [0.4, 0.5) is 13.6 Å². The summed E-state index contributed by atoms with van der Waals surface area (Å²) in [5, 5.41) is 2.92. The van der Waals surface area contributed by atoms with Crippen LogP contribution in [0.5, 0.6) is 5.75 Å². The monoisotopic (exact) mass is 561 g/mol. The number of halogens is 3. The second kappa shape index (κ2) is 11.7. The lowest BCUT2D eigenvalue weighted by Gasteiger charge is -2.26. The average molecular weight is 562 g/mol. The van der Waals surface area contributed by atoms with E-state index in [1.807, 2.05) is 24.3 Å². The SMILES string of the molecule is Cc1[nH]c(=O)c(Br)c(OCc2ccc(F)cc2F)c1Cc1ccc(CNC(=O)N2CCOCC2)cc1. The van der Waals surface area contributed by atoms with Crippen LogP contribution in [0, 0.1) is 18.6 Å². The number of nitrogens with one attached hydrogen (secondary N) is 2. The molecule has 1 saturated heterocycles. The van der Waals surface area contributed by atoms with E-state index in [-0.39, 0.29) is 28.2 Å². The van der Waals surface area contributed by atoms with E-state index in [0.717, 1.165) is 28.8 Å². The summed E-state index contributed by atoms with van der Waals surface area (Å²) in [5.41, 5.74) is 3.07. The Hall–Kier alpha value is -3.24. The predicted molar refractivity (Wildman–Crippen MR) is 134 cm³/mol. The number of hydrogen-bond acceptors (Lipinski definition) is 4. The average Bonchev–Trinajstić information content (AvgIpc) is 2.88. The zero-order valence-electron chi connectivity index (χ0n) is 19.7. The third kappa shape index (κ3) is 6.30. The van der Waals surface area contributed by atoms with Gasteiger partial charge in [0.2, 0.25) is 0 Å². The van der Waals surface area contributed by atoms with Crippen molar-refractivity contribution in [2.45, 2.75) is 26.5 Å². The molecule has 0 bridgehead atoms. The first-order chi connectivity index (χ1) is 17.3. The van der Waals surface area contributed by atoms with E-state index in [0.29, 0.717) is 50.7 Å². The lowest BCUT2D eigenvalue weighted by Crippen LogP contribution is -2.45. The zero-order chi connectivity index (χ0) is 25.7. The molecule has 2 heterocycles. The van der Waals surface area contributed by atoms with E-state index in [9.17, 15) is 18.4 Å². The van der Waals surface area contributed by atoms with Gasteiger partial charge in [0, 0.05) is 48.9 Å². The number of nitrogens with zero attached hydrogens (tertiary/aromatic N) is 1. The summed E-state index contributed by atoms with van der Waals surface area (Å²) in [7, 11) is 0. The van der Waals surface area contributed by atoms with Crippen molar-refractivity contribution in [1.82, 2.24) is 15.2 Å². The molecule has 4 rings (SSSR count). The first-order valence-electron chi connectivity index (χ1n) is 11.5. The van der Waals surface area contributed by atoms with Gasteiger partial charge >= 0.3 is 6.03 Å². The van der Waals surface area contributed by atoms with Gasteiger partial charge in [-0.1, -0.05) is 24.3 Å². The number of H-pyrrole nitrogens is 1. The van der Waals surface area contributed by atoms with Gasteiger partial charge in [0.1, 0.15) is 28.5 Å². The number of aromatic amines is 1. The number of carbonyl (C=O) groups is 1. The molecule has 3 aromatic rings. The molecule has 0 atom stereocenters. The van der Waals surface area contributed by atoms with E-state index in [1.54, 1.807) is 11.8 Å². The maximum atomic E-state index is 14.1. The van der Waals surface area contributed by atoms with Crippen molar-refractivity contribution in [3.05, 3.63) is 96.9 Å². The number of aryl methyl sites for hydroxylation is 1. The molecular formula is C26H26BrF2N3O4. The topological polar surface area (TPSA) is 83.7 Å². The molecule has 36 heavy (non-hydrogen) atoms. The van der Waals surface area contributed by atoms with Gasteiger partial charge in [0.25, 0.3) is 5.56 Å². The Kier molecular flexibility index (Phi) is 8.37. The normalized spacial score (nSPS) is 13.5. The molecule has 0 aliphatic carbocycles. The highest BCUT2D eigenvalue weighted by atomic mass is 79.9. The minimum atomic E-state index is -0.717. The van der Waals surface area contributed by atoms with Crippen LogP contribution in [0.15, 0.2) is 51.7 Å². The fraction of sp³-hybridized carbons (Fsp3) is 0.308. The third-order valence-electron chi connectivity index (χ3n) is 5.96. The Balaban J connectivity index is 1.45. The summed E-state index contributed by atoms with van der Waals surface area (Å²) < 4.78 is 38.6. The molecule has 2 N–H and O–H groups in total. The minimum absolute atomic E-state index is 0.115. The Morgan fingerprint density at radius 1 is 1.14 bits per heavy atom. The van der Waals surface area contributed by atoms with E-state index in [4.69, 9.17) is 9.47 Å². The number of hydrogen-bond donors (Lipinski definition) is 2. The van der Waals surface area contributed by atoms with Crippen molar-refractivity contribution in [2.24, 2.45) is 0 Å². The molecule has 1 aliphatic heterocycles. The largest absolute Gasteiger partial charge is 0.487 e. The quantitative estimate of drug-likeness (QED) is 0.447. The van der Waals surface area contributed by atoms with Crippen molar-refractivity contribution in [2.75, 3.05) is 26.3 Å². The Bertz CT molecular complexity index is 1290. The summed E-state index contributed by atoms with van der Waals surface area (Å²) in [6, 6.07) is 10.9. The molecule has 10 heteroatoms. The Morgan fingerprint density at radius 3 is 2.53 bits per heavy atom. The van der Waals surface area contributed by atoms with Gasteiger partial charge in [-0.15, -0.1) is 0 Å². The Morgan fingerprint density at radius 2 is 1.83 bits per heavy atom. The zero-order valence-corrected chi connectivity index (χ0v) is 21.3. The smallest absolute Gasteiger partial charge is 0.317 e. The second-order valence-electron chi connectivity index (χ2n) is 8.48. The molecule has 0 unspecified atom stereocenters. The predicted octanol–water partition coefficient (Wildman–Crippen LogP) is 4.44. The van der Waals surface area contributed by atoms with E-state index < -0.39 is 11.6 Å².